The van der Waals surface area contributed by atoms with Gasteiger partial charge in [-0.2, -0.15) is 5.10 Å². The number of carbonyl (C=O) groups excluding carboxylic acids is 1. The minimum absolute atomic E-state index is 0.280. The summed E-state index contributed by atoms with van der Waals surface area (Å²) in [5.74, 6) is 0.422. The number of rotatable bonds is 9. The van der Waals surface area contributed by atoms with Crippen LogP contribution in [0, 0.1) is 0 Å². The number of unbranched alkanes of at least 4 members (excludes halogenated alkanes) is 3. The topological polar surface area (TPSA) is 50.7 Å². The molecular weight excluding hydrogens is 416 g/mol. The van der Waals surface area contributed by atoms with Crippen LogP contribution in [0.4, 0.5) is 0 Å². The Morgan fingerprint density at radius 1 is 1.19 bits per heavy atom. The van der Waals surface area contributed by atoms with Crippen LogP contribution in [0.1, 0.15) is 48.5 Å². The molecule has 26 heavy (non-hydrogen) atoms. The summed E-state index contributed by atoms with van der Waals surface area (Å²) >= 11 is 9.40. The molecule has 1 amide bonds. The van der Waals surface area contributed by atoms with E-state index in [4.69, 9.17) is 16.3 Å². The molecule has 0 radical (unpaired) electrons. The Labute approximate surface area is 167 Å². The van der Waals surface area contributed by atoms with Gasteiger partial charge in [0.25, 0.3) is 5.91 Å². The number of carbonyl (C=O) groups is 1. The van der Waals surface area contributed by atoms with E-state index >= 15 is 0 Å². The van der Waals surface area contributed by atoms with Crippen LogP contribution < -0.4 is 10.2 Å². The van der Waals surface area contributed by atoms with Gasteiger partial charge >= 0.3 is 0 Å². The summed E-state index contributed by atoms with van der Waals surface area (Å²) in [6, 6.07) is 12.4. The molecule has 2 aromatic rings. The van der Waals surface area contributed by atoms with Gasteiger partial charge in [0.15, 0.2) is 0 Å². The molecule has 2 aromatic carbocycles. The molecule has 2 rings (SSSR count). The smallest absolute Gasteiger partial charge is 0.271 e. The van der Waals surface area contributed by atoms with Crippen LogP contribution in [0.25, 0.3) is 0 Å². The fourth-order valence-electron chi connectivity index (χ4n) is 2.29. The van der Waals surface area contributed by atoms with E-state index in [0.29, 0.717) is 22.9 Å². The summed E-state index contributed by atoms with van der Waals surface area (Å²) in [6.45, 7) is 2.82. The molecular formula is C20H22BrClN2O2. The summed E-state index contributed by atoms with van der Waals surface area (Å²) in [5.41, 5.74) is 3.77. The van der Waals surface area contributed by atoms with Crippen molar-refractivity contribution in [1.82, 2.24) is 5.43 Å². The predicted octanol–water partition coefficient (Wildman–Crippen LogP) is 5.83. The van der Waals surface area contributed by atoms with Gasteiger partial charge < -0.3 is 4.74 Å². The SMILES string of the molecule is CCCCCCOc1ccc(Cl)cc1/C=N/NC(=O)c1ccc(Br)cc1. The van der Waals surface area contributed by atoms with Crippen molar-refractivity contribution < 1.29 is 9.53 Å². The number of ether oxygens (including phenoxy) is 1. The molecule has 0 spiro atoms. The third-order valence-electron chi connectivity index (χ3n) is 3.70. The molecule has 0 saturated carbocycles. The Balaban J connectivity index is 1.96. The average Bonchev–Trinajstić information content (AvgIpc) is 2.63. The van der Waals surface area contributed by atoms with Crippen molar-refractivity contribution in [2.24, 2.45) is 5.10 Å². The van der Waals surface area contributed by atoms with Crippen LogP contribution >= 0.6 is 27.5 Å². The highest BCUT2D eigenvalue weighted by molar-refractivity contribution is 9.10. The van der Waals surface area contributed by atoms with E-state index < -0.39 is 0 Å². The fourth-order valence-corrected chi connectivity index (χ4v) is 2.73. The molecule has 0 atom stereocenters. The molecule has 0 heterocycles. The zero-order valence-corrected chi connectivity index (χ0v) is 17.0. The van der Waals surface area contributed by atoms with E-state index in [-0.39, 0.29) is 5.91 Å². The van der Waals surface area contributed by atoms with Crippen molar-refractivity contribution >= 4 is 39.7 Å². The molecule has 4 nitrogen and oxygen atoms in total. The minimum Gasteiger partial charge on any atom is -0.493 e. The van der Waals surface area contributed by atoms with Crippen LogP contribution in [0.2, 0.25) is 5.02 Å². The van der Waals surface area contributed by atoms with Crippen molar-refractivity contribution in [3.05, 3.63) is 63.1 Å². The Bertz CT molecular complexity index is 748. The van der Waals surface area contributed by atoms with Crippen molar-refractivity contribution in [1.29, 1.82) is 0 Å². The van der Waals surface area contributed by atoms with Crippen LogP contribution in [0.3, 0.4) is 0 Å². The molecule has 0 aromatic heterocycles. The second kappa shape index (κ2) is 11.0. The van der Waals surface area contributed by atoms with E-state index in [2.05, 4.69) is 33.4 Å². The summed E-state index contributed by atoms with van der Waals surface area (Å²) in [7, 11) is 0. The Hall–Kier alpha value is -1.85. The molecule has 0 aliphatic rings. The molecule has 6 heteroatoms. The zero-order valence-electron chi connectivity index (χ0n) is 14.7. The summed E-state index contributed by atoms with van der Waals surface area (Å²) in [5, 5.41) is 4.61. The van der Waals surface area contributed by atoms with E-state index in [1.165, 1.54) is 12.8 Å². The van der Waals surface area contributed by atoms with Gasteiger partial charge in [-0.1, -0.05) is 53.7 Å². The number of hydrogen-bond donors (Lipinski definition) is 1. The number of halogens is 2. The molecule has 0 unspecified atom stereocenters. The maximum atomic E-state index is 12.1. The number of benzene rings is 2. The van der Waals surface area contributed by atoms with Gasteiger partial charge in [0, 0.05) is 20.6 Å². The lowest BCUT2D eigenvalue weighted by Gasteiger charge is -2.09. The maximum Gasteiger partial charge on any atom is 0.271 e. The highest BCUT2D eigenvalue weighted by Crippen LogP contribution is 2.22. The van der Waals surface area contributed by atoms with Gasteiger partial charge in [0.2, 0.25) is 0 Å². The van der Waals surface area contributed by atoms with Crippen LogP contribution in [0.5, 0.6) is 5.75 Å². The minimum atomic E-state index is -0.280. The van der Waals surface area contributed by atoms with Gasteiger partial charge in [-0.15, -0.1) is 0 Å². The normalized spacial score (nSPS) is 10.9. The van der Waals surface area contributed by atoms with E-state index in [1.807, 2.05) is 6.07 Å². The highest BCUT2D eigenvalue weighted by atomic mass is 79.9. The Morgan fingerprint density at radius 3 is 2.69 bits per heavy atom. The first-order valence-electron chi connectivity index (χ1n) is 8.61. The van der Waals surface area contributed by atoms with E-state index in [9.17, 15) is 4.79 Å². The third kappa shape index (κ3) is 6.81. The van der Waals surface area contributed by atoms with Gasteiger partial charge in [-0.05, 0) is 48.9 Å². The molecule has 0 fully saturated rings. The quantitative estimate of drug-likeness (QED) is 0.305. The monoisotopic (exact) mass is 436 g/mol. The lowest BCUT2D eigenvalue weighted by Crippen LogP contribution is -2.17. The summed E-state index contributed by atoms with van der Waals surface area (Å²) < 4.78 is 6.74. The lowest BCUT2D eigenvalue weighted by atomic mass is 10.2. The number of nitrogens with zero attached hydrogens (tertiary/aromatic N) is 1. The molecule has 0 saturated heterocycles. The maximum absolute atomic E-state index is 12.1. The zero-order chi connectivity index (χ0) is 18.8. The third-order valence-corrected chi connectivity index (χ3v) is 4.47. The van der Waals surface area contributed by atoms with Gasteiger partial charge in [0.1, 0.15) is 5.75 Å². The van der Waals surface area contributed by atoms with Crippen LogP contribution in [-0.2, 0) is 0 Å². The van der Waals surface area contributed by atoms with Gasteiger partial charge in [0.05, 0.1) is 12.8 Å². The first kappa shape index (κ1) is 20.5. The molecule has 0 aliphatic heterocycles. The first-order chi connectivity index (χ1) is 12.6. The van der Waals surface area contributed by atoms with Gasteiger partial charge in [-0.25, -0.2) is 5.43 Å². The number of hydrogen-bond acceptors (Lipinski definition) is 3. The van der Waals surface area contributed by atoms with Crippen LogP contribution in [0.15, 0.2) is 52.0 Å². The number of hydrazone groups is 1. The Kier molecular flexibility index (Phi) is 8.65. The Morgan fingerprint density at radius 2 is 1.96 bits per heavy atom. The van der Waals surface area contributed by atoms with Crippen molar-refractivity contribution in [2.75, 3.05) is 6.61 Å². The first-order valence-corrected chi connectivity index (χ1v) is 9.78. The van der Waals surface area contributed by atoms with E-state index in [1.54, 1.807) is 42.6 Å². The second-order valence-corrected chi connectivity index (χ2v) is 7.15. The summed E-state index contributed by atoms with van der Waals surface area (Å²) in [6.07, 6.45) is 6.10. The standard InChI is InChI=1S/C20H22BrClN2O2/c1-2-3-4-5-12-26-19-11-10-18(22)13-16(19)14-23-24-20(25)15-6-8-17(21)9-7-15/h6-11,13-14H,2-5,12H2,1H3,(H,24,25)/b23-14+. The summed E-state index contributed by atoms with van der Waals surface area (Å²) in [4.78, 5) is 12.1. The number of nitrogens with one attached hydrogen (secondary N) is 1. The lowest BCUT2D eigenvalue weighted by molar-refractivity contribution is 0.0955. The molecule has 0 bridgehead atoms. The van der Waals surface area contributed by atoms with Gasteiger partial charge in [-0.3, -0.25) is 4.79 Å². The number of amides is 1. The molecule has 0 aliphatic carbocycles. The van der Waals surface area contributed by atoms with Crippen molar-refractivity contribution in [2.45, 2.75) is 32.6 Å². The largest absolute Gasteiger partial charge is 0.493 e. The molecule has 138 valence electrons. The van der Waals surface area contributed by atoms with Crippen molar-refractivity contribution in [3.63, 3.8) is 0 Å². The second-order valence-electron chi connectivity index (χ2n) is 5.80. The van der Waals surface area contributed by atoms with Crippen molar-refractivity contribution in [3.8, 4) is 5.75 Å². The highest BCUT2D eigenvalue weighted by Gasteiger charge is 2.05. The predicted molar refractivity (Wildman–Crippen MR) is 110 cm³/mol. The average molecular weight is 438 g/mol. The van der Waals surface area contributed by atoms with Crippen LogP contribution in [-0.4, -0.2) is 18.7 Å². The fraction of sp³-hybridized carbons (Fsp3) is 0.300. The van der Waals surface area contributed by atoms with E-state index in [0.717, 1.165) is 22.9 Å². The molecule has 1 N–H and O–H groups in total.